The summed E-state index contributed by atoms with van der Waals surface area (Å²) in [4.78, 5) is 24.7. The second-order valence-corrected chi connectivity index (χ2v) is 6.44. The number of nitrogens with zero attached hydrogens (tertiary/aromatic N) is 4. The smallest absolute Gasteiger partial charge is 0.271 e. The van der Waals surface area contributed by atoms with E-state index in [4.69, 9.17) is 0 Å². The Balaban J connectivity index is 1.84. The fourth-order valence-corrected chi connectivity index (χ4v) is 3.11. The molecule has 0 unspecified atom stereocenters. The Morgan fingerprint density at radius 3 is 2.41 bits per heavy atom. The van der Waals surface area contributed by atoms with Gasteiger partial charge in [0.05, 0.1) is 21.2 Å². The highest BCUT2D eigenvalue weighted by atomic mass is 32.1. The maximum absolute atomic E-state index is 13.8. The average Bonchev–Trinajstić information content (AvgIpc) is 3.19. The van der Waals surface area contributed by atoms with Crippen molar-refractivity contribution < 1.29 is 14.2 Å². The van der Waals surface area contributed by atoms with Crippen molar-refractivity contribution in [2.24, 2.45) is 0 Å². The lowest BCUT2D eigenvalue weighted by Crippen LogP contribution is -1.96. The molecule has 0 aliphatic rings. The van der Waals surface area contributed by atoms with E-state index in [2.05, 4.69) is 10.3 Å². The molecule has 1 heterocycles. The van der Waals surface area contributed by atoms with E-state index < -0.39 is 15.7 Å². The molecule has 0 amide bonds. The van der Waals surface area contributed by atoms with Gasteiger partial charge in [-0.2, -0.15) is 5.26 Å². The zero-order chi connectivity index (χ0) is 21.0. The predicted octanol–water partition coefficient (Wildman–Crippen LogP) is 4.74. The summed E-state index contributed by atoms with van der Waals surface area (Å²) >= 11 is 1.16. The lowest BCUT2D eigenvalue weighted by Gasteiger charge is -2.03. The van der Waals surface area contributed by atoms with E-state index in [0.29, 0.717) is 16.3 Å². The van der Waals surface area contributed by atoms with Crippen LogP contribution in [0.3, 0.4) is 0 Å². The molecule has 0 bridgehead atoms. The van der Waals surface area contributed by atoms with Crippen LogP contribution in [0.1, 0.15) is 5.01 Å². The van der Waals surface area contributed by atoms with E-state index in [1.165, 1.54) is 18.3 Å². The SMILES string of the molecule is N#CC(=CNc1cc([N+](=O)[O-])ccc1F)c1nc(-c2ccc([N+](=O)[O-])cc2)cs1. The molecule has 3 rings (SSSR count). The molecule has 29 heavy (non-hydrogen) atoms. The number of nitro groups is 2. The summed E-state index contributed by atoms with van der Waals surface area (Å²) in [6.45, 7) is 0. The van der Waals surface area contributed by atoms with E-state index in [1.54, 1.807) is 17.5 Å². The van der Waals surface area contributed by atoms with Crippen LogP contribution in [-0.2, 0) is 0 Å². The summed E-state index contributed by atoms with van der Waals surface area (Å²) in [5.41, 5.74) is 0.740. The lowest BCUT2D eigenvalue weighted by atomic mass is 10.1. The molecule has 0 aliphatic heterocycles. The van der Waals surface area contributed by atoms with Crippen LogP contribution in [0.5, 0.6) is 0 Å². The summed E-state index contributed by atoms with van der Waals surface area (Å²) in [6, 6.07) is 10.7. The summed E-state index contributed by atoms with van der Waals surface area (Å²) in [7, 11) is 0. The van der Waals surface area contributed by atoms with Crippen molar-refractivity contribution in [1.29, 1.82) is 5.26 Å². The van der Waals surface area contributed by atoms with E-state index in [9.17, 15) is 29.9 Å². The highest BCUT2D eigenvalue weighted by molar-refractivity contribution is 7.11. The van der Waals surface area contributed by atoms with E-state index >= 15 is 0 Å². The normalized spacial score (nSPS) is 11.0. The highest BCUT2D eigenvalue weighted by Gasteiger charge is 2.13. The number of halogens is 1. The third kappa shape index (κ3) is 4.40. The predicted molar refractivity (Wildman–Crippen MR) is 104 cm³/mol. The van der Waals surface area contributed by atoms with Gasteiger partial charge in [-0.1, -0.05) is 0 Å². The van der Waals surface area contributed by atoms with Crippen LogP contribution in [0, 0.1) is 37.4 Å². The molecule has 9 nitrogen and oxygen atoms in total. The average molecular weight is 411 g/mol. The van der Waals surface area contributed by atoms with Crippen molar-refractivity contribution in [3.05, 3.63) is 85.1 Å². The molecule has 0 saturated heterocycles. The third-order valence-electron chi connectivity index (χ3n) is 3.76. The van der Waals surface area contributed by atoms with Crippen LogP contribution < -0.4 is 5.32 Å². The van der Waals surface area contributed by atoms with Crippen molar-refractivity contribution in [3.8, 4) is 17.3 Å². The molecule has 1 N–H and O–H groups in total. The van der Waals surface area contributed by atoms with Crippen molar-refractivity contribution in [2.45, 2.75) is 0 Å². The molecule has 0 fully saturated rings. The second-order valence-electron chi connectivity index (χ2n) is 5.58. The first-order chi connectivity index (χ1) is 13.9. The Morgan fingerprint density at radius 2 is 1.79 bits per heavy atom. The largest absolute Gasteiger partial charge is 0.358 e. The fraction of sp³-hybridized carbons (Fsp3) is 0. The second kappa shape index (κ2) is 8.24. The molecular weight excluding hydrogens is 401 g/mol. The fourth-order valence-electron chi connectivity index (χ4n) is 2.31. The summed E-state index contributed by atoms with van der Waals surface area (Å²) in [5, 5.41) is 35.5. The third-order valence-corrected chi connectivity index (χ3v) is 4.64. The van der Waals surface area contributed by atoms with Crippen LogP contribution in [0.2, 0.25) is 0 Å². The van der Waals surface area contributed by atoms with Crippen molar-refractivity contribution in [1.82, 2.24) is 4.98 Å². The number of allylic oxidation sites excluding steroid dienone is 1. The van der Waals surface area contributed by atoms with Crippen molar-refractivity contribution >= 4 is 34.0 Å². The van der Waals surface area contributed by atoms with Gasteiger partial charge in [0.25, 0.3) is 11.4 Å². The molecule has 0 spiro atoms. The van der Waals surface area contributed by atoms with Gasteiger partial charge in [-0.05, 0) is 18.2 Å². The Kier molecular flexibility index (Phi) is 5.56. The minimum absolute atomic E-state index is 0.0509. The van der Waals surface area contributed by atoms with Crippen LogP contribution in [0.4, 0.5) is 21.5 Å². The van der Waals surface area contributed by atoms with Gasteiger partial charge in [0.2, 0.25) is 0 Å². The Labute approximate surface area is 166 Å². The number of non-ortho nitro benzene ring substituents is 2. The molecule has 0 radical (unpaired) electrons. The van der Waals surface area contributed by atoms with Gasteiger partial charge in [-0.3, -0.25) is 20.2 Å². The van der Waals surface area contributed by atoms with Crippen LogP contribution >= 0.6 is 11.3 Å². The Hall–Kier alpha value is -4.17. The van der Waals surface area contributed by atoms with Crippen molar-refractivity contribution in [2.75, 3.05) is 5.32 Å². The molecule has 11 heteroatoms. The van der Waals surface area contributed by atoms with Gasteiger partial charge in [-0.15, -0.1) is 11.3 Å². The summed E-state index contributed by atoms with van der Waals surface area (Å²) in [5.74, 6) is -0.713. The van der Waals surface area contributed by atoms with E-state index in [0.717, 1.165) is 29.5 Å². The molecule has 0 atom stereocenters. The zero-order valence-electron chi connectivity index (χ0n) is 14.4. The molecule has 0 aliphatic carbocycles. The number of nitrogens with one attached hydrogen (secondary N) is 1. The van der Waals surface area contributed by atoms with Crippen LogP contribution in [-0.4, -0.2) is 14.8 Å². The van der Waals surface area contributed by atoms with Crippen LogP contribution in [0.25, 0.3) is 16.8 Å². The van der Waals surface area contributed by atoms with Gasteiger partial charge >= 0.3 is 0 Å². The van der Waals surface area contributed by atoms with Gasteiger partial charge in [0.1, 0.15) is 22.5 Å². The number of nitro benzene ring substituents is 2. The molecule has 2 aromatic carbocycles. The van der Waals surface area contributed by atoms with Gasteiger partial charge < -0.3 is 5.32 Å². The Morgan fingerprint density at radius 1 is 1.14 bits per heavy atom. The number of thiazole rings is 1. The number of rotatable bonds is 6. The molecular formula is C18H10FN5O4S. The Bertz CT molecular complexity index is 1170. The molecule has 3 aromatic rings. The number of nitriles is 1. The molecule has 0 saturated carbocycles. The maximum Gasteiger partial charge on any atom is 0.271 e. The minimum Gasteiger partial charge on any atom is -0.358 e. The number of anilines is 1. The minimum atomic E-state index is -0.713. The zero-order valence-corrected chi connectivity index (χ0v) is 15.2. The highest BCUT2D eigenvalue weighted by Crippen LogP contribution is 2.28. The van der Waals surface area contributed by atoms with Gasteiger partial charge in [0.15, 0.2) is 0 Å². The number of hydrogen-bond donors (Lipinski definition) is 1. The first-order valence-electron chi connectivity index (χ1n) is 7.90. The standard InChI is InChI=1S/C18H10FN5O4S/c19-15-6-5-14(24(27)28)7-16(15)21-9-12(8-20)18-22-17(10-29-18)11-1-3-13(4-2-11)23(25)26/h1-7,9-10,21H. The topological polar surface area (TPSA) is 135 Å². The quantitative estimate of drug-likeness (QED) is 0.351. The first kappa shape index (κ1) is 19.6. The lowest BCUT2D eigenvalue weighted by molar-refractivity contribution is -0.385. The van der Waals surface area contributed by atoms with E-state index in [-0.39, 0.29) is 22.6 Å². The monoisotopic (exact) mass is 411 g/mol. The first-order valence-corrected chi connectivity index (χ1v) is 8.78. The summed E-state index contributed by atoms with van der Waals surface area (Å²) in [6.07, 6.45) is 1.21. The van der Waals surface area contributed by atoms with Crippen molar-refractivity contribution in [3.63, 3.8) is 0 Å². The molecule has 144 valence electrons. The van der Waals surface area contributed by atoms with Crippen LogP contribution in [0.15, 0.2) is 54.0 Å². The number of hydrogen-bond acceptors (Lipinski definition) is 8. The number of aromatic nitrogens is 1. The number of benzene rings is 2. The summed E-state index contributed by atoms with van der Waals surface area (Å²) < 4.78 is 13.8. The van der Waals surface area contributed by atoms with Gasteiger partial charge in [0, 0.05) is 41.4 Å². The maximum atomic E-state index is 13.8. The molecule has 1 aromatic heterocycles. The van der Waals surface area contributed by atoms with E-state index in [1.807, 2.05) is 6.07 Å². The van der Waals surface area contributed by atoms with Gasteiger partial charge in [-0.25, -0.2) is 9.37 Å².